The van der Waals surface area contributed by atoms with Crippen molar-refractivity contribution in [3.05, 3.63) is 76.7 Å². The van der Waals surface area contributed by atoms with Crippen LogP contribution in [0.3, 0.4) is 0 Å². The summed E-state index contributed by atoms with van der Waals surface area (Å²) in [6.07, 6.45) is 6.74. The van der Waals surface area contributed by atoms with E-state index in [0.717, 1.165) is 30.3 Å². The van der Waals surface area contributed by atoms with Crippen LogP contribution in [-0.4, -0.2) is 49.0 Å². The van der Waals surface area contributed by atoms with Gasteiger partial charge in [-0.25, -0.2) is 17.8 Å². The molecule has 2 aromatic heterocycles. The van der Waals surface area contributed by atoms with E-state index >= 15 is 4.39 Å². The zero-order chi connectivity index (χ0) is 31.6. The van der Waals surface area contributed by atoms with Crippen LogP contribution in [0.15, 0.2) is 54.7 Å². The highest BCUT2D eigenvalue weighted by Gasteiger charge is 2.25. The van der Waals surface area contributed by atoms with Crippen molar-refractivity contribution in [3.63, 3.8) is 0 Å². The van der Waals surface area contributed by atoms with E-state index in [1.807, 2.05) is 18.5 Å². The third-order valence-electron chi connectivity index (χ3n) is 7.75. The Morgan fingerprint density at radius 1 is 1.20 bits per heavy atom. The third-order valence-corrected chi connectivity index (χ3v) is 9.34. The molecule has 4 N–H and O–H groups in total. The van der Waals surface area contributed by atoms with E-state index < -0.39 is 15.8 Å². The van der Waals surface area contributed by atoms with Gasteiger partial charge < -0.3 is 15.8 Å². The van der Waals surface area contributed by atoms with Gasteiger partial charge in [-0.2, -0.15) is 5.10 Å². The lowest BCUT2D eigenvalue weighted by atomic mass is 9.90. The van der Waals surface area contributed by atoms with Crippen molar-refractivity contribution < 1.29 is 17.5 Å². The number of ether oxygens (including phenoxy) is 1. The first-order valence-electron chi connectivity index (χ1n) is 14.6. The molecule has 44 heavy (non-hydrogen) atoms. The predicted octanol–water partition coefficient (Wildman–Crippen LogP) is 6.56. The quantitative estimate of drug-likeness (QED) is 0.170. The van der Waals surface area contributed by atoms with Gasteiger partial charge in [0.15, 0.2) is 0 Å². The van der Waals surface area contributed by atoms with Crippen LogP contribution in [0, 0.1) is 5.82 Å². The molecule has 5 rings (SSSR count). The molecule has 0 bridgehead atoms. The number of allylic oxidation sites excluding steroid dienone is 1. The molecule has 0 spiro atoms. The van der Waals surface area contributed by atoms with Crippen molar-refractivity contribution in [2.75, 3.05) is 24.2 Å². The highest BCUT2D eigenvalue weighted by Crippen LogP contribution is 2.39. The number of nitrogens with zero attached hydrogens (tertiary/aromatic N) is 3. The van der Waals surface area contributed by atoms with Crippen LogP contribution < -0.4 is 15.8 Å². The molecule has 2 heterocycles. The SMILES string of the molecule is COC[C@@H](C)N[C@H]1CC=C(c2cnc(N)c3c(-c4ccc(NS(=O)(=O)Cc5ccccc5Cl)c(F)c4)nn(C(C)C)c23)CC1. The Balaban J connectivity index is 1.47. The van der Waals surface area contributed by atoms with Gasteiger partial charge >= 0.3 is 0 Å². The Bertz CT molecular complexity index is 1810. The molecular formula is C32H38ClFN6O3S. The number of methoxy groups -OCH3 is 1. The molecule has 0 radical (unpaired) electrons. The van der Waals surface area contributed by atoms with Gasteiger partial charge in [-0.1, -0.05) is 41.9 Å². The van der Waals surface area contributed by atoms with Gasteiger partial charge in [-0.05, 0) is 69.4 Å². The van der Waals surface area contributed by atoms with Gasteiger partial charge in [0, 0.05) is 47.6 Å². The molecule has 2 aromatic carbocycles. The average molecular weight is 641 g/mol. The van der Waals surface area contributed by atoms with Crippen LogP contribution in [0.25, 0.3) is 27.7 Å². The molecule has 12 heteroatoms. The van der Waals surface area contributed by atoms with E-state index in [1.165, 1.54) is 17.7 Å². The average Bonchev–Trinajstić information content (AvgIpc) is 3.38. The maximum absolute atomic E-state index is 15.4. The molecule has 1 aliphatic carbocycles. The number of hydrogen-bond acceptors (Lipinski definition) is 7. The summed E-state index contributed by atoms with van der Waals surface area (Å²) in [7, 11) is -2.23. The fraction of sp³-hybridized carbons (Fsp3) is 0.375. The fourth-order valence-corrected chi connectivity index (χ4v) is 7.22. The summed E-state index contributed by atoms with van der Waals surface area (Å²) in [6.45, 7) is 6.83. The van der Waals surface area contributed by atoms with Gasteiger partial charge in [0.25, 0.3) is 0 Å². The number of rotatable bonds is 11. The maximum atomic E-state index is 15.4. The number of nitrogens with one attached hydrogen (secondary N) is 2. The molecule has 0 amide bonds. The molecule has 0 saturated carbocycles. The first-order chi connectivity index (χ1) is 21.0. The third kappa shape index (κ3) is 6.91. The number of aromatic nitrogens is 3. The van der Waals surface area contributed by atoms with E-state index in [2.05, 4.69) is 28.0 Å². The second kappa shape index (κ2) is 13.2. The van der Waals surface area contributed by atoms with E-state index in [-0.39, 0.29) is 23.5 Å². The Morgan fingerprint density at radius 2 is 1.98 bits per heavy atom. The normalized spacial score (nSPS) is 16.3. The van der Waals surface area contributed by atoms with E-state index in [4.69, 9.17) is 27.2 Å². The fourth-order valence-electron chi connectivity index (χ4n) is 5.71. The maximum Gasteiger partial charge on any atom is 0.237 e. The summed E-state index contributed by atoms with van der Waals surface area (Å²) >= 11 is 6.13. The monoisotopic (exact) mass is 640 g/mol. The highest BCUT2D eigenvalue weighted by atomic mass is 35.5. The highest BCUT2D eigenvalue weighted by molar-refractivity contribution is 7.91. The van der Waals surface area contributed by atoms with Crippen LogP contribution in [-0.2, 0) is 20.5 Å². The summed E-state index contributed by atoms with van der Waals surface area (Å²) in [5.74, 6) is -0.836. The van der Waals surface area contributed by atoms with Crippen LogP contribution in [0.2, 0.25) is 5.02 Å². The van der Waals surface area contributed by atoms with Crippen LogP contribution >= 0.6 is 11.6 Å². The smallest absolute Gasteiger partial charge is 0.237 e. The topological polar surface area (TPSA) is 124 Å². The molecule has 0 saturated heterocycles. The lowest BCUT2D eigenvalue weighted by Crippen LogP contribution is -2.39. The number of nitrogen functional groups attached to an aromatic ring is 1. The second-order valence-corrected chi connectivity index (χ2v) is 13.7. The van der Waals surface area contributed by atoms with Crippen molar-refractivity contribution in [1.82, 2.24) is 20.1 Å². The summed E-state index contributed by atoms with van der Waals surface area (Å²) in [4.78, 5) is 4.52. The number of halogens is 2. The molecule has 234 valence electrons. The minimum absolute atomic E-state index is 0.0129. The number of sulfonamides is 1. The minimum atomic E-state index is -3.93. The summed E-state index contributed by atoms with van der Waals surface area (Å²) in [5.41, 5.74) is 10.6. The van der Waals surface area contributed by atoms with Crippen molar-refractivity contribution >= 4 is 49.6 Å². The molecule has 0 fully saturated rings. The Labute approximate surface area is 262 Å². The number of anilines is 2. The molecule has 4 aromatic rings. The van der Waals surface area contributed by atoms with Gasteiger partial charge in [-0.15, -0.1) is 0 Å². The first-order valence-corrected chi connectivity index (χ1v) is 16.6. The van der Waals surface area contributed by atoms with Crippen molar-refractivity contribution in [2.45, 2.75) is 63.9 Å². The number of fused-ring (bicyclic) bond motifs is 1. The molecule has 9 nitrogen and oxygen atoms in total. The molecule has 0 unspecified atom stereocenters. The van der Waals surface area contributed by atoms with Crippen LogP contribution in [0.5, 0.6) is 0 Å². The predicted molar refractivity (Wildman–Crippen MR) is 176 cm³/mol. The number of benzene rings is 2. The number of pyridine rings is 1. The van der Waals surface area contributed by atoms with E-state index in [1.54, 1.807) is 43.6 Å². The summed E-state index contributed by atoms with van der Waals surface area (Å²) in [6, 6.07) is 11.5. The summed E-state index contributed by atoms with van der Waals surface area (Å²) in [5, 5.41) is 9.47. The second-order valence-electron chi connectivity index (χ2n) is 11.5. The first kappa shape index (κ1) is 31.9. The van der Waals surface area contributed by atoms with Crippen LogP contribution in [0.4, 0.5) is 15.9 Å². The van der Waals surface area contributed by atoms with E-state index in [0.29, 0.717) is 45.7 Å². The Morgan fingerprint density at radius 3 is 2.64 bits per heavy atom. The van der Waals surface area contributed by atoms with Gasteiger partial charge in [-0.3, -0.25) is 9.40 Å². The van der Waals surface area contributed by atoms with Gasteiger partial charge in [0.1, 0.15) is 17.3 Å². The van der Waals surface area contributed by atoms with E-state index in [9.17, 15) is 8.42 Å². The molecular weight excluding hydrogens is 603 g/mol. The van der Waals surface area contributed by atoms with Crippen molar-refractivity contribution in [3.8, 4) is 11.3 Å². The Hall–Kier alpha value is -3.51. The molecule has 2 atom stereocenters. The van der Waals surface area contributed by atoms with Crippen molar-refractivity contribution in [1.29, 1.82) is 0 Å². The molecule has 0 aliphatic heterocycles. The van der Waals surface area contributed by atoms with Gasteiger partial charge in [0.2, 0.25) is 10.0 Å². The zero-order valence-electron chi connectivity index (χ0n) is 25.3. The Kier molecular flexibility index (Phi) is 9.59. The number of hydrogen-bond donors (Lipinski definition) is 3. The lowest BCUT2D eigenvalue weighted by molar-refractivity contribution is 0.165. The standard InChI is InChI=1S/C32H38ClFN6O3S/c1-19(2)40-31-25(21-9-12-24(13-10-21)37-20(3)17-43-4)16-36-32(35)29(31)30(38-40)22-11-14-28(27(34)15-22)39-44(41,42)18-23-7-5-6-8-26(23)33/h5-9,11,14-16,19-20,24,37,39H,10,12-13,17-18H2,1-4H3,(H2,35,36)/t20-,24+/m1/s1. The largest absolute Gasteiger partial charge is 0.383 e. The van der Waals surface area contributed by atoms with Gasteiger partial charge in [0.05, 0.1) is 29.0 Å². The number of nitrogens with two attached hydrogens (primary N) is 1. The van der Waals surface area contributed by atoms with Crippen LogP contribution in [0.1, 0.15) is 57.2 Å². The lowest BCUT2D eigenvalue weighted by Gasteiger charge is -2.26. The zero-order valence-corrected chi connectivity index (χ0v) is 26.8. The van der Waals surface area contributed by atoms with Crippen molar-refractivity contribution in [2.24, 2.45) is 0 Å². The summed E-state index contributed by atoms with van der Waals surface area (Å²) < 4.78 is 50.6. The minimum Gasteiger partial charge on any atom is -0.383 e. The molecule has 1 aliphatic rings.